The fraction of sp³-hybridized carbons (Fsp3) is 0.588. The van der Waals surface area contributed by atoms with Crippen LogP contribution in [0.5, 0.6) is 0 Å². The number of carbonyl (C=O) groups excluding carboxylic acids is 1. The minimum absolute atomic E-state index is 0. The number of halogens is 2. The number of carbonyl (C=O) groups is 1. The lowest BCUT2D eigenvalue weighted by Crippen LogP contribution is -2.43. The van der Waals surface area contributed by atoms with E-state index in [9.17, 15) is 17.6 Å². The van der Waals surface area contributed by atoms with Crippen molar-refractivity contribution in [2.75, 3.05) is 19.6 Å². The van der Waals surface area contributed by atoms with E-state index in [2.05, 4.69) is 17.6 Å². The van der Waals surface area contributed by atoms with Gasteiger partial charge in [0, 0.05) is 13.0 Å². The van der Waals surface area contributed by atoms with Crippen molar-refractivity contribution in [1.82, 2.24) is 10.6 Å². The number of amides is 1. The van der Waals surface area contributed by atoms with Gasteiger partial charge < -0.3 is 10.6 Å². The summed E-state index contributed by atoms with van der Waals surface area (Å²) in [5.74, 6) is -0.762. The first-order chi connectivity index (χ1) is 11.2. The molecule has 1 aromatic rings. The predicted molar refractivity (Wildman–Crippen MR) is 98.1 cm³/mol. The van der Waals surface area contributed by atoms with Crippen molar-refractivity contribution in [2.24, 2.45) is 5.41 Å². The van der Waals surface area contributed by atoms with E-state index in [1.807, 2.05) is 0 Å². The van der Waals surface area contributed by atoms with Crippen molar-refractivity contribution in [2.45, 2.75) is 43.3 Å². The lowest BCUT2D eigenvalue weighted by Gasteiger charge is -2.34. The third-order valence-corrected chi connectivity index (χ3v) is 6.82. The molecule has 1 aliphatic heterocycles. The fourth-order valence-electron chi connectivity index (χ4n) is 2.82. The Kier molecular flexibility index (Phi) is 7.84. The van der Waals surface area contributed by atoms with Gasteiger partial charge in [-0.05, 0) is 62.5 Å². The molecule has 0 spiro atoms. The molecule has 0 aliphatic carbocycles. The van der Waals surface area contributed by atoms with E-state index in [1.165, 1.54) is 19.1 Å². The van der Waals surface area contributed by atoms with Crippen LogP contribution in [0.4, 0.5) is 4.39 Å². The molecule has 8 heteroatoms. The second-order valence-corrected chi connectivity index (χ2v) is 9.22. The number of piperidine rings is 1. The van der Waals surface area contributed by atoms with Crippen molar-refractivity contribution in [3.8, 4) is 0 Å². The second-order valence-electron chi connectivity index (χ2n) is 6.85. The molecule has 142 valence electrons. The van der Waals surface area contributed by atoms with Crippen LogP contribution in [-0.4, -0.2) is 39.2 Å². The van der Waals surface area contributed by atoms with Crippen LogP contribution in [0.25, 0.3) is 0 Å². The first kappa shape index (κ1) is 21.9. The highest BCUT2D eigenvalue weighted by Crippen LogP contribution is 2.26. The van der Waals surface area contributed by atoms with Crippen LogP contribution in [0, 0.1) is 11.2 Å². The van der Waals surface area contributed by atoms with E-state index in [4.69, 9.17) is 0 Å². The van der Waals surface area contributed by atoms with Crippen LogP contribution in [-0.2, 0) is 14.6 Å². The Balaban J connectivity index is 0.00000312. The van der Waals surface area contributed by atoms with Crippen LogP contribution in [0.2, 0.25) is 0 Å². The SMILES string of the molecule is CC(CC(=O)NCC1(C)CCNCC1)S(=O)(=O)c1ccc(F)cc1.Cl. The zero-order valence-electron chi connectivity index (χ0n) is 14.5. The maximum Gasteiger partial charge on any atom is 0.221 e. The molecule has 1 saturated heterocycles. The quantitative estimate of drug-likeness (QED) is 0.728. The normalized spacial score (nSPS) is 18.0. The van der Waals surface area contributed by atoms with Gasteiger partial charge in [-0.2, -0.15) is 0 Å². The Morgan fingerprint density at radius 2 is 1.84 bits per heavy atom. The topological polar surface area (TPSA) is 75.3 Å². The van der Waals surface area contributed by atoms with Crippen LogP contribution in [0.3, 0.4) is 0 Å². The molecule has 0 aromatic heterocycles. The molecule has 1 amide bonds. The van der Waals surface area contributed by atoms with E-state index in [-0.39, 0.29) is 35.0 Å². The summed E-state index contributed by atoms with van der Waals surface area (Å²) < 4.78 is 37.8. The minimum Gasteiger partial charge on any atom is -0.356 e. The summed E-state index contributed by atoms with van der Waals surface area (Å²) in [6.07, 6.45) is 1.86. The lowest BCUT2D eigenvalue weighted by atomic mass is 9.81. The molecule has 1 heterocycles. The Morgan fingerprint density at radius 1 is 1.28 bits per heavy atom. The molecular formula is C17H26ClFN2O3S. The summed E-state index contributed by atoms with van der Waals surface area (Å²) >= 11 is 0. The van der Waals surface area contributed by atoms with Gasteiger partial charge in [0.25, 0.3) is 0 Å². The van der Waals surface area contributed by atoms with Crippen LogP contribution < -0.4 is 10.6 Å². The molecule has 2 N–H and O–H groups in total. The largest absolute Gasteiger partial charge is 0.356 e. The first-order valence-corrected chi connectivity index (χ1v) is 9.74. The second kappa shape index (κ2) is 8.96. The van der Waals surface area contributed by atoms with Gasteiger partial charge in [-0.25, -0.2) is 12.8 Å². The molecule has 25 heavy (non-hydrogen) atoms. The molecule has 1 fully saturated rings. The van der Waals surface area contributed by atoms with E-state index in [0.717, 1.165) is 38.1 Å². The average molecular weight is 393 g/mol. The van der Waals surface area contributed by atoms with Gasteiger partial charge in [0.15, 0.2) is 9.84 Å². The van der Waals surface area contributed by atoms with Gasteiger partial charge in [-0.3, -0.25) is 4.79 Å². The first-order valence-electron chi connectivity index (χ1n) is 8.20. The Hall–Kier alpha value is -1.18. The van der Waals surface area contributed by atoms with Crippen LogP contribution in [0.1, 0.15) is 33.1 Å². The maximum atomic E-state index is 12.9. The molecule has 5 nitrogen and oxygen atoms in total. The van der Waals surface area contributed by atoms with Gasteiger partial charge in [0.2, 0.25) is 5.91 Å². The summed E-state index contributed by atoms with van der Waals surface area (Å²) in [6, 6.07) is 4.68. The fourth-order valence-corrected chi connectivity index (χ4v) is 4.17. The Bertz CT molecular complexity index is 674. The number of rotatable bonds is 6. The van der Waals surface area contributed by atoms with E-state index in [0.29, 0.717) is 6.54 Å². The molecule has 0 radical (unpaired) electrons. The smallest absolute Gasteiger partial charge is 0.221 e. The lowest BCUT2D eigenvalue weighted by molar-refractivity contribution is -0.121. The van der Waals surface area contributed by atoms with E-state index in [1.54, 1.807) is 0 Å². The van der Waals surface area contributed by atoms with Crippen molar-refractivity contribution < 1.29 is 17.6 Å². The predicted octanol–water partition coefficient (Wildman–Crippen LogP) is 2.31. The monoisotopic (exact) mass is 392 g/mol. The van der Waals surface area contributed by atoms with Gasteiger partial charge >= 0.3 is 0 Å². The number of sulfone groups is 1. The Morgan fingerprint density at radius 3 is 2.40 bits per heavy atom. The van der Waals surface area contributed by atoms with Crippen molar-refractivity contribution in [1.29, 1.82) is 0 Å². The standard InChI is InChI=1S/C17H25FN2O3S.ClH/c1-13(24(22,23)15-5-3-14(18)4-6-15)11-16(21)20-12-17(2)7-9-19-10-8-17;/h3-6,13,19H,7-12H2,1-2H3,(H,20,21);1H. The highest BCUT2D eigenvalue weighted by atomic mass is 35.5. The highest BCUT2D eigenvalue weighted by molar-refractivity contribution is 7.92. The summed E-state index contributed by atoms with van der Waals surface area (Å²) in [7, 11) is -3.65. The molecule has 1 unspecified atom stereocenters. The molecule has 0 saturated carbocycles. The van der Waals surface area contributed by atoms with Crippen molar-refractivity contribution >= 4 is 28.2 Å². The molecule has 1 aromatic carbocycles. The van der Waals surface area contributed by atoms with Gasteiger partial charge in [-0.15, -0.1) is 12.4 Å². The van der Waals surface area contributed by atoms with E-state index < -0.39 is 20.9 Å². The third kappa shape index (κ3) is 5.94. The molecule has 1 aliphatic rings. The minimum atomic E-state index is -3.65. The summed E-state index contributed by atoms with van der Waals surface area (Å²) in [6.45, 7) is 6.05. The molecule has 2 rings (SSSR count). The van der Waals surface area contributed by atoms with Crippen LogP contribution >= 0.6 is 12.4 Å². The molecule has 0 bridgehead atoms. The highest BCUT2D eigenvalue weighted by Gasteiger charge is 2.29. The zero-order chi connectivity index (χ0) is 17.8. The van der Waals surface area contributed by atoms with Gasteiger partial charge in [0.1, 0.15) is 5.82 Å². The zero-order valence-corrected chi connectivity index (χ0v) is 16.2. The number of hydrogen-bond donors (Lipinski definition) is 2. The summed E-state index contributed by atoms with van der Waals surface area (Å²) in [5.41, 5.74) is 0.0555. The van der Waals surface area contributed by atoms with Crippen molar-refractivity contribution in [3.63, 3.8) is 0 Å². The molecular weight excluding hydrogens is 367 g/mol. The summed E-state index contributed by atoms with van der Waals surface area (Å²) in [5, 5.41) is 5.29. The van der Waals surface area contributed by atoms with E-state index >= 15 is 0 Å². The van der Waals surface area contributed by atoms with Crippen LogP contribution in [0.15, 0.2) is 29.2 Å². The van der Waals surface area contributed by atoms with Gasteiger partial charge in [0.05, 0.1) is 10.1 Å². The average Bonchev–Trinajstić information content (AvgIpc) is 2.54. The third-order valence-electron chi connectivity index (χ3n) is 4.67. The number of nitrogens with one attached hydrogen (secondary N) is 2. The van der Waals surface area contributed by atoms with Gasteiger partial charge in [-0.1, -0.05) is 6.92 Å². The Labute approximate surface area is 155 Å². The number of benzene rings is 1. The maximum absolute atomic E-state index is 12.9. The molecule has 1 atom stereocenters. The number of hydrogen-bond acceptors (Lipinski definition) is 4. The summed E-state index contributed by atoms with van der Waals surface area (Å²) in [4.78, 5) is 12.2. The van der Waals surface area contributed by atoms with Crippen molar-refractivity contribution in [3.05, 3.63) is 30.1 Å².